The Labute approximate surface area is 198 Å². The lowest BCUT2D eigenvalue weighted by Gasteiger charge is -2.34. The highest BCUT2D eigenvalue weighted by molar-refractivity contribution is 7.92. The smallest absolute Gasteiger partial charge is 0.243 e. The van der Waals surface area contributed by atoms with Crippen LogP contribution in [0.25, 0.3) is 0 Å². The number of aryl methyl sites for hydroxylation is 2. The van der Waals surface area contributed by atoms with Crippen LogP contribution in [0.2, 0.25) is 0 Å². The van der Waals surface area contributed by atoms with Crippen LogP contribution >= 0.6 is 0 Å². The van der Waals surface area contributed by atoms with Crippen molar-refractivity contribution < 1.29 is 21.6 Å². The van der Waals surface area contributed by atoms with E-state index in [1.54, 1.807) is 39.0 Å². The summed E-state index contributed by atoms with van der Waals surface area (Å²) in [5.41, 5.74) is 2.80. The van der Waals surface area contributed by atoms with Gasteiger partial charge in [0.05, 0.1) is 27.6 Å². The van der Waals surface area contributed by atoms with Gasteiger partial charge in [-0.05, 0) is 76.3 Å². The molecule has 33 heavy (non-hydrogen) atoms. The number of ether oxygens (including phenoxy) is 1. The van der Waals surface area contributed by atoms with Crippen molar-refractivity contribution in [2.45, 2.75) is 75.1 Å². The maximum atomic E-state index is 13.1. The number of sulfonamides is 1. The fourth-order valence-corrected chi connectivity index (χ4v) is 6.59. The van der Waals surface area contributed by atoms with Crippen LogP contribution in [0.1, 0.15) is 51.3 Å². The number of sulfone groups is 1. The van der Waals surface area contributed by atoms with Gasteiger partial charge in [-0.3, -0.25) is 0 Å². The lowest BCUT2D eigenvalue weighted by atomic mass is 10.0. The Hall–Kier alpha value is -1.74. The number of hydrogen-bond acceptors (Lipinski definition) is 5. The van der Waals surface area contributed by atoms with Gasteiger partial charge >= 0.3 is 0 Å². The summed E-state index contributed by atoms with van der Waals surface area (Å²) < 4.78 is 57.5. The van der Waals surface area contributed by atoms with Gasteiger partial charge in [-0.25, -0.2) is 16.8 Å². The quantitative estimate of drug-likeness (QED) is 0.583. The van der Waals surface area contributed by atoms with Crippen LogP contribution in [0.3, 0.4) is 0 Å². The van der Waals surface area contributed by atoms with Gasteiger partial charge in [0.15, 0.2) is 9.84 Å². The standard InChI is InChI=1S/C25H35NO5S2/c1-19-16-26(17-20(2)31-19)33(29,30)24-8-6-7-22(15-24)12-9-21-10-13-23(14-11-21)18-32(27,28)25(3,4)5/h6-8,10-11,13-15,19-20H,9,12,16-18H2,1-5H3/t19-,20+. The van der Waals surface area contributed by atoms with Gasteiger partial charge < -0.3 is 4.74 Å². The topological polar surface area (TPSA) is 80.8 Å². The van der Waals surface area contributed by atoms with Crippen molar-refractivity contribution in [2.75, 3.05) is 13.1 Å². The molecule has 0 spiro atoms. The highest BCUT2D eigenvalue weighted by Gasteiger charge is 2.32. The maximum Gasteiger partial charge on any atom is 0.243 e. The Morgan fingerprint density at radius 3 is 1.97 bits per heavy atom. The monoisotopic (exact) mass is 493 g/mol. The first-order valence-electron chi connectivity index (χ1n) is 11.3. The third-order valence-corrected chi connectivity index (χ3v) is 10.3. The minimum Gasteiger partial charge on any atom is -0.373 e. The highest BCUT2D eigenvalue weighted by Crippen LogP contribution is 2.23. The molecule has 2 aromatic rings. The molecule has 0 aromatic heterocycles. The van der Waals surface area contributed by atoms with E-state index in [4.69, 9.17) is 4.74 Å². The van der Waals surface area contributed by atoms with Crippen molar-refractivity contribution in [3.8, 4) is 0 Å². The first-order chi connectivity index (χ1) is 15.3. The molecular formula is C25H35NO5S2. The van der Waals surface area contributed by atoms with Crippen LogP contribution in [-0.4, -0.2) is 51.2 Å². The van der Waals surface area contributed by atoms with Crippen LogP contribution in [0.15, 0.2) is 53.4 Å². The molecule has 6 nitrogen and oxygen atoms in total. The first kappa shape index (κ1) is 25.9. The van der Waals surface area contributed by atoms with Crippen molar-refractivity contribution in [1.82, 2.24) is 4.31 Å². The summed E-state index contributed by atoms with van der Waals surface area (Å²) in [6.07, 6.45) is 1.17. The summed E-state index contributed by atoms with van der Waals surface area (Å²) >= 11 is 0. The minimum atomic E-state index is -3.57. The molecule has 0 saturated carbocycles. The lowest BCUT2D eigenvalue weighted by molar-refractivity contribution is -0.0440. The van der Waals surface area contributed by atoms with Crippen LogP contribution < -0.4 is 0 Å². The van der Waals surface area contributed by atoms with Crippen LogP contribution in [0.5, 0.6) is 0 Å². The third-order valence-electron chi connectivity index (χ3n) is 5.94. The van der Waals surface area contributed by atoms with E-state index < -0.39 is 24.6 Å². The predicted octanol–water partition coefficient (Wildman–Crippen LogP) is 3.98. The van der Waals surface area contributed by atoms with E-state index in [0.29, 0.717) is 24.4 Å². The molecule has 2 atom stereocenters. The molecule has 0 N–H and O–H groups in total. The van der Waals surface area contributed by atoms with Gasteiger partial charge in [0.2, 0.25) is 10.0 Å². The van der Waals surface area contributed by atoms with Gasteiger partial charge in [0.1, 0.15) is 0 Å². The van der Waals surface area contributed by atoms with E-state index >= 15 is 0 Å². The summed E-state index contributed by atoms with van der Waals surface area (Å²) in [6.45, 7) is 9.63. The van der Waals surface area contributed by atoms with Crippen molar-refractivity contribution in [3.05, 3.63) is 65.2 Å². The number of morpholine rings is 1. The molecule has 1 heterocycles. The first-order valence-corrected chi connectivity index (χ1v) is 14.4. The molecule has 3 rings (SSSR count). The van der Waals surface area contributed by atoms with E-state index in [9.17, 15) is 16.8 Å². The average molecular weight is 494 g/mol. The number of benzene rings is 2. The van der Waals surface area contributed by atoms with E-state index in [1.807, 2.05) is 44.2 Å². The molecule has 2 aromatic carbocycles. The summed E-state index contributed by atoms with van der Waals surface area (Å²) in [7, 11) is -6.79. The van der Waals surface area contributed by atoms with Crippen LogP contribution in [0.4, 0.5) is 0 Å². The number of hydrogen-bond donors (Lipinski definition) is 0. The van der Waals surface area contributed by atoms with E-state index in [-0.39, 0.29) is 18.0 Å². The van der Waals surface area contributed by atoms with Gasteiger partial charge in [0, 0.05) is 13.1 Å². The maximum absolute atomic E-state index is 13.1. The number of rotatable bonds is 7. The fraction of sp³-hybridized carbons (Fsp3) is 0.520. The molecule has 0 aliphatic carbocycles. The second-order valence-corrected chi connectivity index (χ2v) is 14.6. The Morgan fingerprint density at radius 2 is 1.39 bits per heavy atom. The SMILES string of the molecule is C[C@@H]1CN(S(=O)(=O)c2cccc(CCc3ccc(CS(=O)(=O)C(C)(C)C)cc3)c2)C[C@H](C)O1. The molecule has 0 bridgehead atoms. The zero-order valence-electron chi connectivity index (χ0n) is 20.1. The summed E-state index contributed by atoms with van der Waals surface area (Å²) in [5.74, 6) is 0.0233. The minimum absolute atomic E-state index is 0.0233. The second kappa shape index (κ2) is 9.86. The highest BCUT2D eigenvalue weighted by atomic mass is 32.2. The second-order valence-electron chi connectivity index (χ2n) is 9.91. The zero-order chi connectivity index (χ0) is 24.4. The Kier molecular flexibility index (Phi) is 7.73. The van der Waals surface area contributed by atoms with Crippen LogP contribution in [-0.2, 0) is 43.2 Å². The van der Waals surface area contributed by atoms with Gasteiger partial charge in [-0.15, -0.1) is 0 Å². The summed E-state index contributed by atoms with van der Waals surface area (Å²) in [4.78, 5) is 0.309. The molecule has 0 radical (unpaired) electrons. The predicted molar refractivity (Wildman–Crippen MR) is 131 cm³/mol. The lowest BCUT2D eigenvalue weighted by Crippen LogP contribution is -2.48. The molecule has 1 aliphatic rings. The van der Waals surface area contributed by atoms with Gasteiger partial charge in [-0.2, -0.15) is 4.31 Å². The van der Waals surface area contributed by atoms with Crippen molar-refractivity contribution in [3.63, 3.8) is 0 Å². The molecular weight excluding hydrogens is 458 g/mol. The molecule has 1 aliphatic heterocycles. The van der Waals surface area contributed by atoms with Gasteiger partial charge in [0.25, 0.3) is 0 Å². The van der Waals surface area contributed by atoms with Crippen molar-refractivity contribution in [2.24, 2.45) is 0 Å². The number of nitrogens with zero attached hydrogens (tertiary/aromatic N) is 1. The average Bonchev–Trinajstić information content (AvgIpc) is 2.72. The van der Waals surface area contributed by atoms with E-state index in [2.05, 4.69) is 0 Å². The Morgan fingerprint density at radius 1 is 0.848 bits per heavy atom. The molecule has 0 amide bonds. The summed E-state index contributed by atoms with van der Waals surface area (Å²) in [6, 6.07) is 14.7. The third kappa shape index (κ3) is 6.44. The Balaban J connectivity index is 1.67. The van der Waals surface area contributed by atoms with Gasteiger partial charge in [-0.1, -0.05) is 36.4 Å². The van der Waals surface area contributed by atoms with Crippen LogP contribution in [0, 0.1) is 0 Å². The molecule has 182 valence electrons. The van der Waals surface area contributed by atoms with Crippen molar-refractivity contribution in [1.29, 1.82) is 0 Å². The largest absolute Gasteiger partial charge is 0.373 e. The summed E-state index contributed by atoms with van der Waals surface area (Å²) in [5, 5.41) is 0. The van der Waals surface area contributed by atoms with E-state index in [1.165, 1.54) is 4.31 Å². The molecule has 8 heteroatoms. The molecule has 1 saturated heterocycles. The van der Waals surface area contributed by atoms with Crippen molar-refractivity contribution >= 4 is 19.9 Å². The normalized spacial score (nSPS) is 20.6. The Bertz CT molecular complexity index is 1160. The zero-order valence-corrected chi connectivity index (χ0v) is 21.7. The molecule has 0 unspecified atom stereocenters. The molecule has 1 fully saturated rings. The van der Waals surface area contributed by atoms with E-state index in [0.717, 1.165) is 23.1 Å². The fourth-order valence-electron chi connectivity index (χ4n) is 3.86.